The first-order valence-corrected chi connectivity index (χ1v) is 16.8. The van der Waals surface area contributed by atoms with Crippen LogP contribution >= 0.6 is 0 Å². The maximum atomic E-state index is 4.96. The lowest BCUT2D eigenvalue weighted by atomic mass is 10.0. The lowest BCUT2D eigenvalue weighted by Gasteiger charge is -2.27. The Hall–Kier alpha value is -6.78. The fraction of sp³-hybridized carbons (Fsp3) is 0. The number of rotatable bonds is 7. The van der Waals surface area contributed by atoms with Crippen molar-refractivity contribution in [3.05, 3.63) is 194 Å². The van der Waals surface area contributed by atoms with Crippen molar-refractivity contribution in [2.45, 2.75) is 0 Å². The van der Waals surface area contributed by atoms with Gasteiger partial charge in [0.1, 0.15) is 0 Å². The highest BCUT2D eigenvalue weighted by molar-refractivity contribution is 6.09. The molecule has 0 fully saturated rings. The van der Waals surface area contributed by atoms with Crippen molar-refractivity contribution in [3.63, 3.8) is 0 Å². The minimum absolute atomic E-state index is 0.911. The van der Waals surface area contributed by atoms with Crippen LogP contribution in [-0.2, 0) is 0 Å². The molecular formula is C46H32N4. The molecule has 4 nitrogen and oxygen atoms in total. The smallest absolute Gasteiger partial charge is 0.0723 e. The van der Waals surface area contributed by atoms with Gasteiger partial charge in [0.05, 0.1) is 28.1 Å². The van der Waals surface area contributed by atoms with E-state index >= 15 is 0 Å². The minimum atomic E-state index is 0.911. The molecule has 6 aromatic carbocycles. The van der Waals surface area contributed by atoms with Crippen molar-refractivity contribution >= 4 is 38.9 Å². The van der Waals surface area contributed by atoms with Gasteiger partial charge in [0.25, 0.3) is 0 Å². The highest BCUT2D eigenvalue weighted by atomic mass is 15.1. The van der Waals surface area contributed by atoms with Gasteiger partial charge >= 0.3 is 0 Å². The summed E-state index contributed by atoms with van der Waals surface area (Å²) >= 11 is 0. The fourth-order valence-electron chi connectivity index (χ4n) is 6.91. The summed E-state index contributed by atoms with van der Waals surface area (Å²) in [4.78, 5) is 12.1. The molecule has 0 amide bonds. The second-order valence-electron chi connectivity index (χ2n) is 12.3. The summed E-state index contributed by atoms with van der Waals surface area (Å²) in [6, 6.07) is 63.7. The minimum Gasteiger partial charge on any atom is -0.310 e. The van der Waals surface area contributed by atoms with Gasteiger partial charge in [0, 0.05) is 62.5 Å². The van der Waals surface area contributed by atoms with Crippen molar-refractivity contribution in [2.24, 2.45) is 0 Å². The van der Waals surface area contributed by atoms with Gasteiger partial charge in [-0.3, -0.25) is 9.97 Å². The van der Waals surface area contributed by atoms with Crippen LogP contribution in [0.4, 0.5) is 17.1 Å². The van der Waals surface area contributed by atoms with Gasteiger partial charge in [-0.1, -0.05) is 115 Å². The monoisotopic (exact) mass is 640 g/mol. The number of para-hydroxylation sites is 5. The molecule has 0 aliphatic heterocycles. The Morgan fingerprint density at radius 1 is 0.380 bits per heavy atom. The van der Waals surface area contributed by atoms with E-state index in [-0.39, 0.29) is 0 Å². The van der Waals surface area contributed by atoms with Crippen LogP contribution < -0.4 is 4.90 Å². The zero-order valence-corrected chi connectivity index (χ0v) is 27.3. The molecule has 0 aliphatic rings. The summed E-state index contributed by atoms with van der Waals surface area (Å²) in [6.45, 7) is 0. The van der Waals surface area contributed by atoms with Crippen LogP contribution in [0.5, 0.6) is 0 Å². The zero-order chi connectivity index (χ0) is 33.3. The summed E-state index contributed by atoms with van der Waals surface area (Å²) in [5, 5.41) is 2.52. The number of hydrogen-bond acceptors (Lipinski definition) is 3. The fourth-order valence-corrected chi connectivity index (χ4v) is 6.91. The van der Waals surface area contributed by atoms with Crippen molar-refractivity contribution < 1.29 is 0 Å². The summed E-state index contributed by atoms with van der Waals surface area (Å²) < 4.78 is 2.33. The molecule has 0 saturated carbocycles. The molecule has 3 aromatic heterocycles. The van der Waals surface area contributed by atoms with Crippen LogP contribution in [0.1, 0.15) is 0 Å². The Labute approximate surface area is 291 Å². The van der Waals surface area contributed by atoms with E-state index in [2.05, 4.69) is 179 Å². The first-order chi connectivity index (χ1) is 24.8. The maximum Gasteiger partial charge on any atom is 0.0723 e. The topological polar surface area (TPSA) is 34.0 Å². The number of pyridine rings is 2. The van der Waals surface area contributed by atoms with Crippen molar-refractivity contribution in [2.75, 3.05) is 4.90 Å². The van der Waals surface area contributed by atoms with Gasteiger partial charge in [-0.15, -0.1) is 0 Å². The molecular weight excluding hydrogens is 609 g/mol. The molecule has 0 unspecified atom stereocenters. The van der Waals surface area contributed by atoms with E-state index in [1.54, 1.807) is 0 Å². The lowest BCUT2D eigenvalue weighted by Crippen LogP contribution is -2.11. The molecule has 50 heavy (non-hydrogen) atoms. The van der Waals surface area contributed by atoms with Gasteiger partial charge in [-0.2, -0.15) is 0 Å². The number of fused-ring (bicyclic) bond motifs is 3. The van der Waals surface area contributed by atoms with Crippen LogP contribution in [-0.4, -0.2) is 14.5 Å². The van der Waals surface area contributed by atoms with Crippen LogP contribution in [0.25, 0.3) is 61.1 Å². The van der Waals surface area contributed by atoms with Crippen LogP contribution in [0.15, 0.2) is 194 Å². The average Bonchev–Trinajstić information content (AvgIpc) is 3.54. The Morgan fingerprint density at radius 2 is 0.860 bits per heavy atom. The first-order valence-electron chi connectivity index (χ1n) is 16.8. The van der Waals surface area contributed by atoms with E-state index in [4.69, 9.17) is 9.97 Å². The second kappa shape index (κ2) is 12.7. The van der Waals surface area contributed by atoms with Crippen molar-refractivity contribution in [3.8, 4) is 39.3 Å². The maximum absolute atomic E-state index is 4.96. The number of benzene rings is 6. The molecule has 0 bridgehead atoms. The normalized spacial score (nSPS) is 11.2. The lowest BCUT2D eigenvalue weighted by molar-refractivity contribution is 1.18. The number of anilines is 3. The average molecular weight is 641 g/mol. The number of hydrogen-bond donors (Lipinski definition) is 0. The Morgan fingerprint density at radius 3 is 1.42 bits per heavy atom. The molecule has 3 heterocycles. The quantitative estimate of drug-likeness (QED) is 0.174. The highest BCUT2D eigenvalue weighted by Gasteiger charge is 2.17. The van der Waals surface area contributed by atoms with Crippen LogP contribution in [0.3, 0.4) is 0 Å². The summed E-state index contributed by atoms with van der Waals surface area (Å²) in [7, 11) is 0. The van der Waals surface area contributed by atoms with Crippen molar-refractivity contribution in [1.29, 1.82) is 0 Å². The van der Waals surface area contributed by atoms with Gasteiger partial charge in [0.15, 0.2) is 0 Å². The van der Waals surface area contributed by atoms with Crippen LogP contribution in [0.2, 0.25) is 0 Å². The Balaban J connectivity index is 0.990. The Kier molecular flexibility index (Phi) is 7.45. The zero-order valence-electron chi connectivity index (χ0n) is 27.3. The molecule has 4 heteroatoms. The van der Waals surface area contributed by atoms with Gasteiger partial charge < -0.3 is 9.47 Å². The highest BCUT2D eigenvalue weighted by Crippen LogP contribution is 2.40. The second-order valence-corrected chi connectivity index (χ2v) is 12.3. The summed E-state index contributed by atoms with van der Waals surface area (Å²) in [6.07, 6.45) is 3.88. The van der Waals surface area contributed by atoms with Crippen LogP contribution in [0, 0.1) is 0 Å². The summed E-state index contributed by atoms with van der Waals surface area (Å²) in [5.41, 5.74) is 12.8. The third-order valence-corrected chi connectivity index (χ3v) is 9.31. The van der Waals surface area contributed by atoms with Gasteiger partial charge in [-0.05, 0) is 66.7 Å². The number of aromatic nitrogens is 3. The predicted octanol–water partition coefficient (Wildman–Crippen LogP) is 12.0. The molecule has 9 rings (SSSR count). The van der Waals surface area contributed by atoms with Gasteiger partial charge in [0.2, 0.25) is 0 Å². The molecule has 0 N–H and O–H groups in total. The summed E-state index contributed by atoms with van der Waals surface area (Å²) in [5.74, 6) is 0. The predicted molar refractivity (Wildman–Crippen MR) is 207 cm³/mol. The van der Waals surface area contributed by atoms with E-state index < -0.39 is 0 Å². The third-order valence-electron chi connectivity index (χ3n) is 9.31. The standard InChI is InChI=1S/C46H32N4/c1-3-13-36(14-4-1)49(37-15-5-2-6-16-37)46-22-12-9-19-41(46)43-30-26-35(32-48-43)34-25-29-42(47-31-34)33-23-27-38(28-24-33)50-44-20-10-7-17-39(44)40-18-8-11-21-45(40)50/h1-32H. The molecule has 236 valence electrons. The van der Waals surface area contributed by atoms with Gasteiger partial charge in [-0.25, -0.2) is 0 Å². The molecule has 0 aliphatic carbocycles. The largest absolute Gasteiger partial charge is 0.310 e. The molecule has 0 atom stereocenters. The molecule has 0 saturated heterocycles. The third kappa shape index (κ3) is 5.29. The molecule has 0 radical (unpaired) electrons. The van der Waals surface area contributed by atoms with E-state index in [0.29, 0.717) is 0 Å². The molecule has 9 aromatic rings. The first kappa shape index (κ1) is 29.4. The van der Waals surface area contributed by atoms with E-state index in [1.165, 1.54) is 21.8 Å². The van der Waals surface area contributed by atoms with E-state index in [9.17, 15) is 0 Å². The van der Waals surface area contributed by atoms with E-state index in [1.807, 2.05) is 24.5 Å². The van der Waals surface area contributed by atoms with Crippen molar-refractivity contribution in [1.82, 2.24) is 14.5 Å². The number of nitrogens with zero attached hydrogens (tertiary/aromatic N) is 4. The molecule has 0 spiro atoms. The SMILES string of the molecule is c1ccc(N(c2ccccc2)c2ccccc2-c2ccc(-c3ccc(-c4ccc(-n5c6ccccc6c6ccccc65)cc4)nc3)cn2)cc1. The Bertz CT molecular complexity index is 2460. The van der Waals surface area contributed by atoms with E-state index in [0.717, 1.165) is 56.4 Å².